The van der Waals surface area contributed by atoms with Crippen molar-refractivity contribution in [1.29, 1.82) is 0 Å². The highest BCUT2D eigenvalue weighted by Crippen LogP contribution is 2.36. The Labute approximate surface area is 202 Å². The first-order chi connectivity index (χ1) is 15.9. The summed E-state index contributed by atoms with van der Waals surface area (Å²) in [6.45, 7) is 2.11. The van der Waals surface area contributed by atoms with E-state index in [1.54, 1.807) is 26.0 Å². The van der Waals surface area contributed by atoms with Crippen molar-refractivity contribution in [3.63, 3.8) is 0 Å². The molecule has 33 heavy (non-hydrogen) atoms. The van der Waals surface area contributed by atoms with Gasteiger partial charge in [-0.3, -0.25) is 9.59 Å². The minimum Gasteiger partial charge on any atom is -0.496 e. The molecule has 4 rings (SSSR count). The van der Waals surface area contributed by atoms with Crippen molar-refractivity contribution in [2.45, 2.75) is 38.4 Å². The van der Waals surface area contributed by atoms with Crippen LogP contribution >= 0.6 is 15.9 Å². The molecule has 0 saturated carbocycles. The predicted molar refractivity (Wildman–Crippen MR) is 135 cm³/mol. The highest BCUT2D eigenvalue weighted by Gasteiger charge is 2.33. The maximum absolute atomic E-state index is 13.8. The number of benzene rings is 3. The smallest absolute Gasteiger partial charge is 0.249 e. The summed E-state index contributed by atoms with van der Waals surface area (Å²) < 4.78 is 6.68. The fourth-order valence-corrected chi connectivity index (χ4v) is 4.81. The molecule has 0 saturated heterocycles. The van der Waals surface area contributed by atoms with Crippen LogP contribution in [0.25, 0.3) is 10.8 Å². The van der Waals surface area contributed by atoms with Crippen LogP contribution in [0.4, 0.5) is 5.69 Å². The molecule has 0 aliphatic carbocycles. The predicted octanol–water partition coefficient (Wildman–Crippen LogP) is 4.18. The second-order valence-corrected chi connectivity index (χ2v) is 9.10. The van der Waals surface area contributed by atoms with Crippen LogP contribution in [0.15, 0.2) is 59.1 Å². The summed E-state index contributed by atoms with van der Waals surface area (Å²) in [5.74, 6) is 0.415. The van der Waals surface area contributed by atoms with Gasteiger partial charge < -0.3 is 20.3 Å². The summed E-state index contributed by atoms with van der Waals surface area (Å²) in [6, 6.07) is 16.9. The number of rotatable bonds is 6. The number of carbonyl (C=O) groups excluding carboxylic acids is 2. The molecule has 6 nitrogen and oxygen atoms in total. The Kier molecular flexibility index (Phi) is 7.00. The number of fused-ring (bicyclic) bond motifs is 2. The second kappa shape index (κ2) is 9.93. The van der Waals surface area contributed by atoms with Crippen molar-refractivity contribution < 1.29 is 14.3 Å². The molecule has 0 aromatic heterocycles. The molecule has 3 aromatic rings. The Hall–Kier alpha value is -2.90. The van der Waals surface area contributed by atoms with E-state index < -0.39 is 6.04 Å². The standard InChI is InChI=1S/C26H28BrN3O3/c1-16(28-2)25(31)29-22-13-11-17-7-4-5-10-23(17)30(26(22)32)15-20-18-8-6-9-21(27)19(18)12-14-24(20)33-3/h4-10,12,14,16,22,28H,11,13,15H2,1-3H3,(H,29,31)/t16-,22-/m0/s1. The van der Waals surface area contributed by atoms with Gasteiger partial charge >= 0.3 is 0 Å². The summed E-state index contributed by atoms with van der Waals surface area (Å²) in [5, 5.41) is 7.96. The van der Waals surface area contributed by atoms with Crippen LogP contribution in [0.5, 0.6) is 5.75 Å². The highest BCUT2D eigenvalue weighted by molar-refractivity contribution is 9.10. The van der Waals surface area contributed by atoms with E-state index >= 15 is 0 Å². The van der Waals surface area contributed by atoms with Crippen molar-refractivity contribution >= 4 is 44.2 Å². The number of ether oxygens (including phenoxy) is 1. The minimum absolute atomic E-state index is 0.120. The number of hydrogen-bond acceptors (Lipinski definition) is 4. The van der Waals surface area contributed by atoms with E-state index in [0.717, 1.165) is 37.8 Å². The molecule has 0 bridgehead atoms. The zero-order valence-electron chi connectivity index (χ0n) is 19.0. The van der Waals surface area contributed by atoms with Crippen LogP contribution in [0, 0.1) is 0 Å². The van der Waals surface area contributed by atoms with E-state index in [0.29, 0.717) is 19.4 Å². The number of halogens is 1. The first-order valence-corrected chi connectivity index (χ1v) is 11.8. The maximum Gasteiger partial charge on any atom is 0.249 e. The topological polar surface area (TPSA) is 70.7 Å². The van der Waals surface area contributed by atoms with Gasteiger partial charge in [-0.1, -0.05) is 46.3 Å². The van der Waals surface area contributed by atoms with E-state index in [2.05, 4.69) is 26.6 Å². The Morgan fingerprint density at radius 1 is 1.15 bits per heavy atom. The van der Waals surface area contributed by atoms with Crippen LogP contribution in [-0.4, -0.2) is 38.1 Å². The lowest BCUT2D eigenvalue weighted by Crippen LogP contribution is -2.52. The van der Waals surface area contributed by atoms with Crippen molar-refractivity contribution in [2.75, 3.05) is 19.1 Å². The number of nitrogens with one attached hydrogen (secondary N) is 2. The first-order valence-electron chi connectivity index (χ1n) is 11.1. The van der Waals surface area contributed by atoms with Crippen molar-refractivity contribution in [2.24, 2.45) is 0 Å². The second-order valence-electron chi connectivity index (χ2n) is 8.24. The number of aryl methyl sites for hydroxylation is 1. The van der Waals surface area contributed by atoms with Crippen LogP contribution < -0.4 is 20.3 Å². The van der Waals surface area contributed by atoms with Crippen LogP contribution in [0.3, 0.4) is 0 Å². The Bertz CT molecular complexity index is 1200. The average Bonchev–Trinajstić information content (AvgIpc) is 2.96. The molecular weight excluding hydrogens is 482 g/mol. The summed E-state index contributed by atoms with van der Waals surface area (Å²) in [5.41, 5.74) is 2.88. The minimum atomic E-state index is -0.603. The van der Waals surface area contributed by atoms with Gasteiger partial charge in [0.05, 0.1) is 19.7 Å². The molecule has 0 spiro atoms. The molecule has 1 aliphatic rings. The van der Waals surface area contributed by atoms with Gasteiger partial charge in [-0.15, -0.1) is 0 Å². The van der Waals surface area contributed by atoms with Gasteiger partial charge in [0.15, 0.2) is 0 Å². The molecule has 3 aromatic carbocycles. The van der Waals surface area contributed by atoms with Gasteiger partial charge in [-0.05, 0) is 67.4 Å². The average molecular weight is 510 g/mol. The number of nitrogens with zero attached hydrogens (tertiary/aromatic N) is 1. The van der Waals surface area contributed by atoms with Crippen LogP contribution in [0.1, 0.15) is 24.5 Å². The summed E-state index contributed by atoms with van der Waals surface area (Å²) in [6.07, 6.45) is 1.25. The molecule has 1 aliphatic heterocycles. The normalized spacial score (nSPS) is 16.8. The molecule has 2 atom stereocenters. The van der Waals surface area contributed by atoms with E-state index in [9.17, 15) is 9.59 Å². The molecule has 1 heterocycles. The third-order valence-corrected chi connectivity index (χ3v) is 7.00. The number of methoxy groups -OCH3 is 1. The molecular formula is C26H28BrN3O3. The zero-order chi connectivity index (χ0) is 23.5. The van der Waals surface area contributed by atoms with E-state index in [1.807, 2.05) is 54.6 Å². The number of likely N-dealkylation sites (N-methyl/N-ethyl adjacent to an activating group) is 1. The van der Waals surface area contributed by atoms with Gasteiger partial charge in [-0.2, -0.15) is 0 Å². The third kappa shape index (κ3) is 4.61. The van der Waals surface area contributed by atoms with E-state index in [1.165, 1.54) is 0 Å². The van der Waals surface area contributed by atoms with Gasteiger partial charge in [0, 0.05) is 15.7 Å². The number of anilines is 1. The summed E-state index contributed by atoms with van der Waals surface area (Å²) in [4.78, 5) is 28.2. The number of carbonyl (C=O) groups is 2. The van der Waals surface area contributed by atoms with E-state index in [-0.39, 0.29) is 17.9 Å². The number of para-hydroxylation sites is 1. The fraction of sp³-hybridized carbons (Fsp3) is 0.308. The first kappa shape index (κ1) is 23.3. The van der Waals surface area contributed by atoms with Crippen molar-refractivity contribution in [1.82, 2.24) is 10.6 Å². The third-order valence-electron chi connectivity index (χ3n) is 6.30. The number of hydrogen-bond donors (Lipinski definition) is 2. The number of amides is 2. The van der Waals surface area contributed by atoms with E-state index in [4.69, 9.17) is 4.74 Å². The monoisotopic (exact) mass is 509 g/mol. The SMILES string of the molecule is CN[C@@H](C)C(=O)N[C@H]1CCc2ccccc2N(Cc2c(OC)ccc3c(Br)cccc23)C1=O. The molecule has 2 amide bonds. The molecule has 0 radical (unpaired) electrons. The lowest BCUT2D eigenvalue weighted by atomic mass is 10.0. The largest absolute Gasteiger partial charge is 0.496 e. The van der Waals surface area contributed by atoms with Gasteiger partial charge in [0.25, 0.3) is 0 Å². The lowest BCUT2D eigenvalue weighted by Gasteiger charge is -2.28. The Morgan fingerprint density at radius 2 is 1.94 bits per heavy atom. The molecule has 0 unspecified atom stereocenters. The lowest BCUT2D eigenvalue weighted by molar-refractivity contribution is -0.128. The van der Waals surface area contributed by atoms with Crippen molar-refractivity contribution in [3.05, 3.63) is 70.2 Å². The zero-order valence-corrected chi connectivity index (χ0v) is 20.6. The fourth-order valence-electron chi connectivity index (χ4n) is 4.31. The molecule has 0 fully saturated rings. The quantitative estimate of drug-likeness (QED) is 0.522. The molecule has 7 heteroatoms. The van der Waals surface area contributed by atoms with Crippen LogP contribution in [0.2, 0.25) is 0 Å². The Balaban J connectivity index is 1.78. The summed E-state index contributed by atoms with van der Waals surface area (Å²) in [7, 11) is 3.37. The van der Waals surface area contributed by atoms with Gasteiger partial charge in [-0.25, -0.2) is 0 Å². The molecule has 2 N–H and O–H groups in total. The Morgan fingerprint density at radius 3 is 2.70 bits per heavy atom. The highest BCUT2D eigenvalue weighted by atomic mass is 79.9. The summed E-state index contributed by atoms with van der Waals surface area (Å²) >= 11 is 3.64. The van der Waals surface area contributed by atoms with Crippen molar-refractivity contribution in [3.8, 4) is 5.75 Å². The molecule has 172 valence electrons. The maximum atomic E-state index is 13.8. The van der Waals surface area contributed by atoms with Gasteiger partial charge in [0.2, 0.25) is 11.8 Å². The van der Waals surface area contributed by atoms with Gasteiger partial charge in [0.1, 0.15) is 11.8 Å². The van der Waals surface area contributed by atoms with Crippen LogP contribution in [-0.2, 0) is 22.6 Å².